The average Bonchev–Trinajstić information content (AvgIpc) is 3.39. The molecule has 1 saturated carbocycles. The number of carbonyl (C=O) groups excluding carboxylic acids is 1. The van der Waals surface area contributed by atoms with Gasteiger partial charge in [-0.3, -0.25) is 4.79 Å². The van der Waals surface area contributed by atoms with Gasteiger partial charge in [0.15, 0.2) is 17.3 Å². The molecule has 214 valence electrons. The van der Waals surface area contributed by atoms with Crippen molar-refractivity contribution in [3.8, 4) is 11.5 Å². The Kier molecular flexibility index (Phi) is 6.07. The predicted octanol–water partition coefficient (Wildman–Crippen LogP) is 5.37. The first-order chi connectivity index (χ1) is 18.7. The number of aliphatic hydroxyl groups is 1. The highest BCUT2D eigenvalue weighted by Gasteiger charge is 2.52. The van der Waals surface area contributed by atoms with Crippen LogP contribution in [0.1, 0.15) is 57.4 Å². The number of hydrogen-bond donors (Lipinski definition) is 1. The fraction of sp³-hybridized carbons (Fsp3) is 0.500. The third-order valence-electron chi connectivity index (χ3n) is 8.20. The summed E-state index contributed by atoms with van der Waals surface area (Å²) in [7, 11) is 0. The molecule has 0 bridgehead atoms. The maximum absolute atomic E-state index is 15.6. The number of benzene rings is 2. The molecule has 2 aromatic carbocycles. The second-order valence-electron chi connectivity index (χ2n) is 12.1. The van der Waals surface area contributed by atoms with E-state index in [2.05, 4.69) is 9.47 Å². The molecule has 1 aromatic heterocycles. The molecule has 0 amide bonds. The highest BCUT2D eigenvalue weighted by molar-refractivity contribution is 5.95. The summed E-state index contributed by atoms with van der Waals surface area (Å²) < 4.78 is 65.3. The molecule has 2 fully saturated rings. The van der Waals surface area contributed by atoms with Crippen LogP contribution in [0.25, 0.3) is 10.9 Å². The number of aromatic nitrogens is 1. The normalized spacial score (nSPS) is 22.1. The van der Waals surface area contributed by atoms with E-state index in [1.807, 2.05) is 38.3 Å². The SMILES string of the molecule is CC1(C)OC[C@@H](Cn2c(C(C)(C)CO)cc3cc(CC(=O)C4(c5ccc6c(c5)OC(F)(F)O6)CC4)c(F)cc32)O1. The van der Waals surface area contributed by atoms with E-state index in [1.54, 1.807) is 12.1 Å². The molecular weight excluding hydrogens is 527 g/mol. The molecule has 1 saturated heterocycles. The molecular formula is C30H32F3NO6. The maximum atomic E-state index is 15.6. The minimum absolute atomic E-state index is 0.0854. The molecule has 1 N–H and O–H groups in total. The first-order valence-electron chi connectivity index (χ1n) is 13.4. The summed E-state index contributed by atoms with van der Waals surface area (Å²) in [5.74, 6) is -1.62. The number of hydrogen-bond acceptors (Lipinski definition) is 6. The summed E-state index contributed by atoms with van der Waals surface area (Å²) in [5, 5.41) is 10.9. The van der Waals surface area contributed by atoms with Gasteiger partial charge in [0.25, 0.3) is 0 Å². The smallest absolute Gasteiger partial charge is 0.395 e. The Balaban J connectivity index is 1.30. The van der Waals surface area contributed by atoms with Gasteiger partial charge in [-0.25, -0.2) is 4.39 Å². The number of alkyl halides is 2. The lowest BCUT2D eigenvalue weighted by Gasteiger charge is -2.26. The molecule has 1 aliphatic carbocycles. The highest BCUT2D eigenvalue weighted by Crippen LogP contribution is 2.52. The predicted molar refractivity (Wildman–Crippen MR) is 139 cm³/mol. The zero-order valence-corrected chi connectivity index (χ0v) is 22.9. The number of carbonyl (C=O) groups is 1. The monoisotopic (exact) mass is 559 g/mol. The molecule has 40 heavy (non-hydrogen) atoms. The zero-order valence-electron chi connectivity index (χ0n) is 22.9. The quantitative estimate of drug-likeness (QED) is 0.400. The Morgan fingerprint density at radius 1 is 1.10 bits per heavy atom. The molecule has 1 atom stereocenters. The topological polar surface area (TPSA) is 79.2 Å². The van der Waals surface area contributed by atoms with Crippen LogP contribution in [0.3, 0.4) is 0 Å². The molecule has 3 aromatic rings. The van der Waals surface area contributed by atoms with E-state index in [0.29, 0.717) is 37.1 Å². The third kappa shape index (κ3) is 4.65. The van der Waals surface area contributed by atoms with E-state index in [9.17, 15) is 18.7 Å². The number of fused-ring (bicyclic) bond motifs is 2. The van der Waals surface area contributed by atoms with E-state index in [0.717, 1.165) is 11.1 Å². The number of halogens is 3. The minimum atomic E-state index is -3.74. The van der Waals surface area contributed by atoms with Gasteiger partial charge >= 0.3 is 6.29 Å². The van der Waals surface area contributed by atoms with Crippen molar-refractivity contribution in [1.82, 2.24) is 4.57 Å². The number of Topliss-reactive ketones (excluding diaryl/α,β-unsaturated/α-hetero) is 1. The summed E-state index contributed by atoms with van der Waals surface area (Å²) in [4.78, 5) is 13.5. The number of ether oxygens (including phenoxy) is 4. The highest BCUT2D eigenvalue weighted by atomic mass is 19.3. The van der Waals surface area contributed by atoms with Crippen molar-refractivity contribution in [2.45, 2.75) is 82.5 Å². The number of rotatable bonds is 8. The van der Waals surface area contributed by atoms with Crippen molar-refractivity contribution in [2.75, 3.05) is 13.2 Å². The molecule has 7 nitrogen and oxygen atoms in total. The van der Waals surface area contributed by atoms with E-state index >= 15 is 4.39 Å². The Hall–Kier alpha value is -3.08. The van der Waals surface area contributed by atoms with Gasteiger partial charge < -0.3 is 28.6 Å². The van der Waals surface area contributed by atoms with Gasteiger partial charge in [-0.1, -0.05) is 19.9 Å². The summed E-state index contributed by atoms with van der Waals surface area (Å²) in [6.45, 7) is 8.19. The van der Waals surface area contributed by atoms with Gasteiger partial charge in [-0.15, -0.1) is 8.78 Å². The summed E-state index contributed by atoms with van der Waals surface area (Å²) in [6, 6.07) is 9.41. The van der Waals surface area contributed by atoms with Crippen molar-refractivity contribution >= 4 is 16.7 Å². The molecule has 0 radical (unpaired) electrons. The number of nitrogens with zero attached hydrogens (tertiary/aromatic N) is 1. The van der Waals surface area contributed by atoms with Gasteiger partial charge in [0, 0.05) is 22.9 Å². The second kappa shape index (κ2) is 8.96. The summed E-state index contributed by atoms with van der Waals surface area (Å²) in [5.41, 5.74) is 0.768. The van der Waals surface area contributed by atoms with Crippen molar-refractivity contribution in [1.29, 1.82) is 0 Å². The van der Waals surface area contributed by atoms with Gasteiger partial charge in [-0.05, 0) is 68.1 Å². The fourth-order valence-corrected chi connectivity index (χ4v) is 5.80. The Morgan fingerprint density at radius 3 is 2.48 bits per heavy atom. The molecule has 3 heterocycles. The van der Waals surface area contributed by atoms with Crippen LogP contribution in [0, 0.1) is 5.82 Å². The molecule has 3 aliphatic rings. The van der Waals surface area contributed by atoms with E-state index in [4.69, 9.17) is 9.47 Å². The van der Waals surface area contributed by atoms with E-state index in [1.165, 1.54) is 18.2 Å². The van der Waals surface area contributed by atoms with Crippen LogP contribution in [0.15, 0.2) is 36.4 Å². The van der Waals surface area contributed by atoms with Crippen LogP contribution in [-0.4, -0.2) is 46.9 Å². The van der Waals surface area contributed by atoms with Gasteiger partial charge in [0.1, 0.15) is 17.7 Å². The van der Waals surface area contributed by atoms with Crippen LogP contribution < -0.4 is 9.47 Å². The van der Waals surface area contributed by atoms with Crippen molar-refractivity contribution < 1.29 is 42.0 Å². The van der Waals surface area contributed by atoms with Crippen LogP contribution in [0.2, 0.25) is 0 Å². The zero-order chi connectivity index (χ0) is 28.7. The van der Waals surface area contributed by atoms with Gasteiger partial charge in [0.2, 0.25) is 0 Å². The molecule has 2 aliphatic heterocycles. The maximum Gasteiger partial charge on any atom is 0.586 e. The van der Waals surface area contributed by atoms with Crippen molar-refractivity contribution in [3.63, 3.8) is 0 Å². The molecule has 6 rings (SSSR count). The van der Waals surface area contributed by atoms with Crippen molar-refractivity contribution in [2.24, 2.45) is 0 Å². The average molecular weight is 560 g/mol. The van der Waals surface area contributed by atoms with E-state index in [-0.39, 0.29) is 42.0 Å². The lowest BCUT2D eigenvalue weighted by atomic mass is 9.87. The Morgan fingerprint density at radius 2 is 1.82 bits per heavy atom. The largest absolute Gasteiger partial charge is 0.586 e. The fourth-order valence-electron chi connectivity index (χ4n) is 5.80. The minimum Gasteiger partial charge on any atom is -0.395 e. The van der Waals surface area contributed by atoms with Gasteiger partial charge in [-0.2, -0.15) is 0 Å². The number of aliphatic hydroxyl groups excluding tert-OH is 1. The molecule has 0 unspecified atom stereocenters. The van der Waals surface area contributed by atoms with Gasteiger partial charge in [0.05, 0.1) is 30.7 Å². The Labute approximate surface area is 229 Å². The lowest BCUT2D eigenvalue weighted by Crippen LogP contribution is -2.29. The van der Waals surface area contributed by atoms with Crippen LogP contribution in [0.4, 0.5) is 13.2 Å². The Bertz CT molecular complexity index is 1510. The summed E-state index contributed by atoms with van der Waals surface area (Å²) >= 11 is 0. The van der Waals surface area contributed by atoms with Crippen LogP contribution in [0.5, 0.6) is 11.5 Å². The first kappa shape index (κ1) is 27.1. The third-order valence-corrected chi connectivity index (χ3v) is 8.20. The molecule has 10 heteroatoms. The van der Waals surface area contributed by atoms with Crippen LogP contribution >= 0.6 is 0 Å². The molecule has 0 spiro atoms. The summed E-state index contributed by atoms with van der Waals surface area (Å²) in [6.07, 6.45) is -3.07. The lowest BCUT2D eigenvalue weighted by molar-refractivity contribution is -0.286. The number of ketones is 1. The standard InChI is InChI=1S/C30H32F3NO6/c1-27(2,16-35)25-10-18-9-17(21(31)13-22(18)34(25)14-20-15-37-28(3,4)38-20)11-26(36)29(7-8-29)19-5-6-23-24(12-19)40-30(32,33)39-23/h5-6,9-10,12-13,20,35H,7-8,11,14-16H2,1-4H3/t20-/m1/s1. The van der Waals surface area contributed by atoms with Crippen LogP contribution in [-0.2, 0) is 38.1 Å². The van der Waals surface area contributed by atoms with E-state index < -0.39 is 28.7 Å². The van der Waals surface area contributed by atoms with Crippen molar-refractivity contribution in [3.05, 3.63) is 59.0 Å². The first-order valence-corrected chi connectivity index (χ1v) is 13.4. The second-order valence-corrected chi connectivity index (χ2v) is 12.1.